The second-order valence-electron chi connectivity index (χ2n) is 14.6. The summed E-state index contributed by atoms with van der Waals surface area (Å²) in [5, 5.41) is 0. The van der Waals surface area contributed by atoms with E-state index in [2.05, 4.69) is 149 Å². The highest BCUT2D eigenvalue weighted by Crippen LogP contribution is 2.17. The Labute approximate surface area is 286 Å². The van der Waals surface area contributed by atoms with Crippen molar-refractivity contribution in [3.8, 4) is 0 Å². The number of quaternary nitrogens is 1. The van der Waals surface area contributed by atoms with Gasteiger partial charge in [-0.1, -0.05) is 109 Å². The largest absolute Gasteiger partial charge is 0.335 e. The molecule has 0 aromatic heterocycles. The second kappa shape index (κ2) is 18.1. The van der Waals surface area contributed by atoms with Crippen molar-refractivity contribution in [2.24, 2.45) is 0 Å². The molecular weight excluding hydrogens is 569 g/mol. The summed E-state index contributed by atoms with van der Waals surface area (Å²) >= 11 is -2.98. The highest BCUT2D eigenvalue weighted by atomic mass is 27.2. The molecule has 4 aromatic rings. The fourth-order valence-electron chi connectivity index (χ4n) is 7.85. The van der Waals surface area contributed by atoms with Crippen LogP contribution in [0.3, 0.4) is 0 Å². The fraction of sp³-hybridized carbons (Fsp3) is 0.455. The highest BCUT2D eigenvalue weighted by molar-refractivity contribution is 7.20. The molecule has 0 saturated carbocycles. The van der Waals surface area contributed by atoms with Crippen LogP contribution >= 0.6 is 0 Å². The van der Waals surface area contributed by atoms with Gasteiger partial charge in [-0.25, -0.2) is 17.7 Å². The lowest BCUT2D eigenvalue weighted by Crippen LogP contribution is -3.12. The van der Waals surface area contributed by atoms with Crippen molar-refractivity contribution < 1.29 is 4.90 Å². The van der Waals surface area contributed by atoms with Crippen LogP contribution < -0.4 is 22.6 Å². The Balaban J connectivity index is 0.000000376. The van der Waals surface area contributed by atoms with Gasteiger partial charge in [-0.3, -0.25) is 0 Å². The molecule has 46 heavy (non-hydrogen) atoms. The van der Waals surface area contributed by atoms with Crippen LogP contribution in [0.4, 0.5) is 0 Å². The minimum Gasteiger partial charge on any atom is -0.335 e. The third-order valence-electron chi connectivity index (χ3n) is 9.63. The van der Waals surface area contributed by atoms with E-state index in [1.165, 1.54) is 120 Å². The number of aryl methyl sites for hydroxylation is 8. The zero-order valence-electron chi connectivity index (χ0n) is 31.4. The Hall–Kier alpha value is -2.63. The van der Waals surface area contributed by atoms with Gasteiger partial charge < -0.3 is 4.90 Å². The quantitative estimate of drug-likeness (QED) is 0.143. The topological polar surface area (TPSA) is 4.44 Å². The first-order valence-electron chi connectivity index (χ1n) is 18.3. The molecule has 0 amide bonds. The van der Waals surface area contributed by atoms with Gasteiger partial charge >= 0.3 is 0 Å². The van der Waals surface area contributed by atoms with Crippen LogP contribution in [0.25, 0.3) is 0 Å². The van der Waals surface area contributed by atoms with Crippen LogP contribution in [0.15, 0.2) is 72.8 Å². The van der Waals surface area contributed by atoms with Gasteiger partial charge in [-0.15, -0.1) is 48.5 Å². The summed E-state index contributed by atoms with van der Waals surface area (Å²) in [6.07, 6.45) is 8.26. The summed E-state index contributed by atoms with van der Waals surface area (Å²) in [4.78, 5) is 1.84. The number of hydrogen-bond donors (Lipinski definition) is 1. The van der Waals surface area contributed by atoms with E-state index in [0.717, 1.165) is 0 Å². The monoisotopic (exact) mass is 633 g/mol. The molecule has 248 valence electrons. The van der Waals surface area contributed by atoms with Crippen LogP contribution in [-0.2, 0) is 0 Å². The minimum absolute atomic E-state index is 1.34. The fourth-order valence-corrected chi connectivity index (χ4v) is 14.3. The first-order valence-corrected chi connectivity index (χ1v) is 20.6. The van der Waals surface area contributed by atoms with E-state index in [4.69, 9.17) is 0 Å². The van der Waals surface area contributed by atoms with Gasteiger partial charge in [0.25, 0.3) is 13.1 Å². The molecule has 1 nitrogen and oxygen atoms in total. The van der Waals surface area contributed by atoms with Crippen molar-refractivity contribution in [3.63, 3.8) is 0 Å². The third kappa shape index (κ3) is 10.2. The average molecular weight is 634 g/mol. The Kier molecular flexibility index (Phi) is 14.9. The highest BCUT2D eigenvalue weighted by Gasteiger charge is 2.37. The predicted molar refractivity (Wildman–Crippen MR) is 208 cm³/mol. The average Bonchev–Trinajstić information content (AvgIpc) is 2.96. The van der Waals surface area contributed by atoms with Crippen LogP contribution in [0.5, 0.6) is 0 Å². The molecule has 0 saturated heterocycles. The van der Waals surface area contributed by atoms with Gasteiger partial charge in [0.05, 0.1) is 19.6 Å². The Morgan fingerprint density at radius 3 is 0.717 bits per heavy atom. The number of unbranched alkanes of at least 4 members (excludes halogenated alkanes) is 3. The second-order valence-corrected chi connectivity index (χ2v) is 19.0. The number of rotatable bonds is 13. The smallest absolute Gasteiger partial charge is 0.267 e. The molecule has 2 heteroatoms. The zero-order valence-corrected chi connectivity index (χ0v) is 32.5. The van der Waals surface area contributed by atoms with Crippen LogP contribution in [0.2, 0.25) is 0 Å². The summed E-state index contributed by atoms with van der Waals surface area (Å²) in [7, 11) is 0. The van der Waals surface area contributed by atoms with E-state index >= 15 is 0 Å². The van der Waals surface area contributed by atoms with Gasteiger partial charge in [0.15, 0.2) is 0 Å². The molecule has 0 aliphatic heterocycles. The molecule has 0 bridgehead atoms. The van der Waals surface area contributed by atoms with E-state index in [0.29, 0.717) is 0 Å². The first kappa shape index (κ1) is 37.8. The molecule has 4 aromatic carbocycles. The standard InChI is InChI=1S/C12H27N.4C8H9.Al/c1-4-7-10-13(11-8-5-2)12-9-6-3;4*1-7-4-3-5-8(2)6-7;/h4-12H2,1-3H3;4*4-6H,1-2H3;/q;;;;;-1/p+1. The van der Waals surface area contributed by atoms with Gasteiger partial charge in [-0.2, -0.15) is 0 Å². The molecule has 0 unspecified atom stereocenters. The van der Waals surface area contributed by atoms with Crippen LogP contribution in [-0.4, -0.2) is 32.7 Å². The van der Waals surface area contributed by atoms with Crippen LogP contribution in [0.1, 0.15) is 104 Å². The summed E-state index contributed by atoms with van der Waals surface area (Å²) < 4.78 is 6.00. The summed E-state index contributed by atoms with van der Waals surface area (Å²) in [6.45, 7) is 29.0. The Morgan fingerprint density at radius 1 is 0.348 bits per heavy atom. The summed E-state index contributed by atoms with van der Waals surface area (Å²) in [6, 6.07) is 28.9. The van der Waals surface area contributed by atoms with E-state index in [1.54, 1.807) is 0 Å². The lowest BCUT2D eigenvalue weighted by atomic mass is 10.1. The van der Waals surface area contributed by atoms with Crippen molar-refractivity contribution in [2.75, 3.05) is 19.6 Å². The lowest BCUT2D eigenvalue weighted by molar-refractivity contribution is -0.900. The van der Waals surface area contributed by atoms with Crippen LogP contribution in [0, 0.1) is 55.4 Å². The molecule has 0 aliphatic carbocycles. The Morgan fingerprint density at radius 2 is 0.543 bits per heavy atom. The third-order valence-corrected chi connectivity index (χ3v) is 15.0. The van der Waals surface area contributed by atoms with Gasteiger partial charge in [0.1, 0.15) is 0 Å². The number of hydrogen-bond acceptors (Lipinski definition) is 0. The summed E-state index contributed by atoms with van der Waals surface area (Å²) in [5.41, 5.74) is 10.7. The van der Waals surface area contributed by atoms with E-state index in [-0.39, 0.29) is 0 Å². The van der Waals surface area contributed by atoms with Gasteiger partial charge in [-0.05, 0) is 74.7 Å². The molecule has 0 heterocycles. The normalized spacial score (nSPS) is 11.5. The number of benzene rings is 4. The predicted octanol–water partition coefficient (Wildman–Crippen LogP) is 7.80. The van der Waals surface area contributed by atoms with Gasteiger partial charge in [0.2, 0.25) is 0 Å². The molecule has 0 radical (unpaired) electrons. The maximum absolute atomic E-state index is 2.98. The molecule has 0 aliphatic rings. The van der Waals surface area contributed by atoms with Crippen molar-refractivity contribution >= 4 is 30.8 Å². The van der Waals surface area contributed by atoms with Gasteiger partial charge in [0, 0.05) is 0 Å². The maximum Gasteiger partial charge on any atom is 0.267 e. The first-order chi connectivity index (χ1) is 21.9. The van der Waals surface area contributed by atoms with Crippen molar-refractivity contribution in [3.05, 3.63) is 117 Å². The molecular formula is C44H64AlN. The molecule has 0 atom stereocenters. The molecule has 0 fully saturated rings. The minimum atomic E-state index is -2.98. The van der Waals surface area contributed by atoms with Crippen molar-refractivity contribution in [1.29, 1.82) is 0 Å². The maximum atomic E-state index is 2.46. The SMILES string of the molecule is CCCC[NH+](CCCC)CCCC.Cc1cc(C)c[c]([Al-]([c]2cc(C)cc(C)c2)([c]2cc(C)cc(C)c2)[c]2cc(C)cc(C)c2)c1. The van der Waals surface area contributed by atoms with Crippen molar-refractivity contribution in [1.82, 2.24) is 0 Å². The van der Waals surface area contributed by atoms with E-state index in [9.17, 15) is 0 Å². The summed E-state index contributed by atoms with van der Waals surface area (Å²) in [5.74, 6) is 0. The lowest BCUT2D eigenvalue weighted by Gasteiger charge is -2.42. The Bertz CT molecular complexity index is 1240. The number of nitrogens with one attached hydrogen (secondary N) is 1. The van der Waals surface area contributed by atoms with E-state index in [1.807, 2.05) is 4.90 Å². The zero-order chi connectivity index (χ0) is 33.9. The molecule has 0 spiro atoms. The molecule has 1 N–H and O–H groups in total. The van der Waals surface area contributed by atoms with E-state index < -0.39 is 13.1 Å². The van der Waals surface area contributed by atoms with Crippen molar-refractivity contribution in [2.45, 2.75) is 115 Å². The molecule has 4 rings (SSSR count).